The van der Waals surface area contributed by atoms with Crippen LogP contribution in [-0.2, 0) is 49.6 Å². The van der Waals surface area contributed by atoms with Crippen LogP contribution in [0.1, 0.15) is 43.4 Å². The first kappa shape index (κ1) is 60.3. The maximum Gasteiger partial charge on any atom is 1.00 e. The number of aromatic nitrogens is 4. The molecule has 4 aromatic carbocycles. The first-order valence-electron chi connectivity index (χ1n) is 22.1. The van der Waals surface area contributed by atoms with Gasteiger partial charge < -0.3 is 20.7 Å². The van der Waals surface area contributed by atoms with Crippen molar-refractivity contribution in [3.05, 3.63) is 171 Å². The minimum Gasteiger partial charge on any atom is -1.00 e. The normalized spacial score (nSPS) is 11.4. The molecule has 1 N–H and O–H groups in total. The van der Waals surface area contributed by atoms with Gasteiger partial charge in [-0.15, -0.1) is 49.0 Å². The number of alkyl halides is 6. The van der Waals surface area contributed by atoms with Gasteiger partial charge in [0.1, 0.15) is 21.2 Å². The number of aliphatic hydroxyl groups excluding tert-OH is 1. The van der Waals surface area contributed by atoms with E-state index in [1.54, 1.807) is 67.6 Å². The third-order valence-electron chi connectivity index (χ3n) is 11.2. The first-order chi connectivity index (χ1) is 34.6. The molecule has 8 rings (SSSR count). The number of aliphatic hydroxyl groups is 1. The van der Waals surface area contributed by atoms with Crippen molar-refractivity contribution in [3.63, 3.8) is 0 Å². The maximum atomic E-state index is 13.6. The summed E-state index contributed by atoms with van der Waals surface area (Å²) in [6.45, 7) is 1.49. The second-order valence-electron chi connectivity index (χ2n) is 16.2. The van der Waals surface area contributed by atoms with Gasteiger partial charge in [-0.2, -0.15) is 0 Å². The Morgan fingerprint density at radius 3 is 1.43 bits per heavy atom. The molecule has 0 atom stereocenters. The SMILES string of the molecule is CCOC(=O)CCn1c(=O)c2c(Cc3ccc(Cl)cc3)c(-c3cccc(OC(F)(F)F)c3)sc2n(C)c1=O.Cn1c(=O)n(CCCO)c(=O)c2c(Cc3ccc(Cl)cc3)c(-c3cccc(OC(F)(F)F)c3)sc21.[B].[H-].[Na+]. The maximum absolute atomic E-state index is 13.6. The number of esters is 1. The van der Waals surface area contributed by atoms with Crippen LogP contribution >= 0.6 is 45.9 Å². The largest absolute Gasteiger partial charge is 1.00 e. The van der Waals surface area contributed by atoms with Crippen LogP contribution in [0.5, 0.6) is 11.5 Å². The standard InChI is InChI=1S/C26H22ClF3N2O5S.C24H20ClF3N2O4S.B.Na.H/c1-3-36-20(33)11-12-32-23(34)21-19(13-15-7-9-17(27)10-8-15)22(38-24(21)31(2)25(32)35)16-5-4-6-18(14-16)37-26(28,29)30;1-29-22-19(21(32)30(23(29)33)10-3-11-31)18(12-14-6-8-16(25)9-7-14)20(35-22)15-4-2-5-17(13-15)34-24(26,27)28;;;/h4-10,14H,3,11-13H2,1-2H3;2,4-9,13,31H,3,10-12H2,1H3;;;/q;;;+1;-1. The van der Waals surface area contributed by atoms with Gasteiger partial charge in [0.2, 0.25) is 0 Å². The summed E-state index contributed by atoms with van der Waals surface area (Å²) in [7, 11) is 3.04. The molecule has 0 saturated heterocycles. The molecular formula is C50H43BCl2F6N4NaO9S2. The number of benzene rings is 4. The molecular weight excluding hydrogens is 1080 g/mol. The number of aryl methyl sites for hydroxylation is 2. The molecule has 4 heterocycles. The van der Waals surface area contributed by atoms with E-state index >= 15 is 0 Å². The van der Waals surface area contributed by atoms with E-state index in [2.05, 4.69) is 9.47 Å². The van der Waals surface area contributed by atoms with E-state index < -0.39 is 46.9 Å². The van der Waals surface area contributed by atoms with E-state index in [1.165, 1.54) is 59.6 Å². The molecule has 0 saturated carbocycles. The van der Waals surface area contributed by atoms with Crippen LogP contribution in [0, 0.1) is 0 Å². The predicted octanol–water partition coefficient (Wildman–Crippen LogP) is 7.21. The second-order valence-corrected chi connectivity index (χ2v) is 19.0. The Morgan fingerprint density at radius 2 is 1.05 bits per heavy atom. The van der Waals surface area contributed by atoms with E-state index in [9.17, 15) is 55.4 Å². The molecule has 0 aliphatic rings. The smallest absolute Gasteiger partial charge is 1.00 e. The van der Waals surface area contributed by atoms with Crippen LogP contribution in [0.2, 0.25) is 10.0 Å². The zero-order valence-corrected chi connectivity index (χ0v) is 45.5. The number of ether oxygens (including phenoxy) is 3. The van der Waals surface area contributed by atoms with Crippen LogP contribution in [0.3, 0.4) is 0 Å². The molecule has 25 heteroatoms. The van der Waals surface area contributed by atoms with Crippen molar-refractivity contribution in [2.45, 2.75) is 58.4 Å². The minimum atomic E-state index is -4.87. The van der Waals surface area contributed by atoms with Crippen molar-refractivity contribution in [1.82, 2.24) is 18.3 Å². The average Bonchev–Trinajstić information content (AvgIpc) is 3.90. The van der Waals surface area contributed by atoms with E-state index in [0.717, 1.165) is 42.9 Å². The van der Waals surface area contributed by atoms with Crippen molar-refractivity contribution in [2.75, 3.05) is 13.2 Å². The third-order valence-corrected chi connectivity index (χ3v) is 14.4. The molecule has 8 aromatic rings. The molecule has 0 unspecified atom stereocenters. The summed E-state index contributed by atoms with van der Waals surface area (Å²) in [6, 6.07) is 24.9. The number of rotatable bonds is 15. The van der Waals surface area contributed by atoms with Crippen LogP contribution in [0.25, 0.3) is 41.3 Å². The van der Waals surface area contributed by atoms with Crippen molar-refractivity contribution >= 4 is 80.7 Å². The van der Waals surface area contributed by atoms with Crippen molar-refractivity contribution in [2.24, 2.45) is 14.1 Å². The van der Waals surface area contributed by atoms with Crippen molar-refractivity contribution in [3.8, 4) is 32.4 Å². The summed E-state index contributed by atoms with van der Waals surface area (Å²) in [5.41, 5.74) is 1.29. The van der Waals surface area contributed by atoms with Gasteiger partial charge in [-0.1, -0.05) is 71.7 Å². The van der Waals surface area contributed by atoms with Gasteiger partial charge in [-0.3, -0.25) is 32.7 Å². The Balaban J connectivity index is 0.000000317. The van der Waals surface area contributed by atoms with Crippen molar-refractivity contribution < 1.29 is 81.4 Å². The zero-order chi connectivity index (χ0) is 52.9. The summed E-state index contributed by atoms with van der Waals surface area (Å²) < 4.78 is 94.8. The number of thiophene rings is 2. The molecule has 75 heavy (non-hydrogen) atoms. The Morgan fingerprint density at radius 1 is 0.653 bits per heavy atom. The number of hydrogen-bond donors (Lipinski definition) is 1. The Labute approximate surface area is 466 Å². The molecule has 0 fully saturated rings. The summed E-state index contributed by atoms with van der Waals surface area (Å²) >= 11 is 14.3. The summed E-state index contributed by atoms with van der Waals surface area (Å²) in [5, 5.41) is 10.8. The number of nitrogens with zero attached hydrogens (tertiary/aromatic N) is 4. The number of carbonyl (C=O) groups excluding carboxylic acids is 1. The minimum absolute atomic E-state index is 0. The number of fused-ring (bicyclic) bond motifs is 2. The van der Waals surface area contributed by atoms with E-state index in [4.69, 9.17) is 27.9 Å². The quantitative estimate of drug-likeness (QED) is 0.0638. The summed E-state index contributed by atoms with van der Waals surface area (Å²) in [6.07, 6.45) is -9.15. The van der Waals surface area contributed by atoms with Gasteiger partial charge >= 0.3 is 59.6 Å². The summed E-state index contributed by atoms with van der Waals surface area (Å²) in [4.78, 5) is 66.7. The van der Waals surface area contributed by atoms with Crippen LogP contribution in [-0.4, -0.2) is 63.7 Å². The van der Waals surface area contributed by atoms with Crippen LogP contribution < -0.4 is 61.5 Å². The van der Waals surface area contributed by atoms with Crippen molar-refractivity contribution in [1.29, 1.82) is 0 Å². The summed E-state index contributed by atoms with van der Waals surface area (Å²) in [5.74, 6) is -1.35. The molecule has 0 spiro atoms. The molecule has 0 bridgehead atoms. The van der Waals surface area contributed by atoms with Gasteiger partial charge in [0, 0.05) is 62.0 Å². The zero-order valence-electron chi connectivity index (χ0n) is 41.3. The molecule has 0 aliphatic carbocycles. The average molecular weight is 1130 g/mol. The second kappa shape index (κ2) is 25.5. The third kappa shape index (κ3) is 14.5. The van der Waals surface area contributed by atoms with Gasteiger partial charge in [0.05, 0.1) is 23.8 Å². The fourth-order valence-corrected chi connectivity index (χ4v) is 10.7. The molecule has 13 nitrogen and oxygen atoms in total. The molecule has 0 amide bonds. The Bertz CT molecular complexity index is 3590. The van der Waals surface area contributed by atoms with Crippen LogP contribution in [0.4, 0.5) is 26.3 Å². The number of halogens is 8. The first-order valence-corrected chi connectivity index (χ1v) is 24.4. The van der Waals surface area contributed by atoms with E-state index in [0.29, 0.717) is 57.1 Å². The van der Waals surface area contributed by atoms with E-state index in [-0.39, 0.29) is 103 Å². The fraction of sp³-hybridized carbons (Fsp3) is 0.260. The predicted molar refractivity (Wildman–Crippen MR) is 275 cm³/mol. The molecule has 4 aromatic heterocycles. The van der Waals surface area contributed by atoms with E-state index in [1.807, 2.05) is 0 Å². The Kier molecular flexibility index (Phi) is 20.5. The van der Waals surface area contributed by atoms with Crippen LogP contribution in [0.15, 0.2) is 116 Å². The number of hydrogen-bond acceptors (Lipinski definition) is 11. The van der Waals surface area contributed by atoms with Gasteiger partial charge in [0.15, 0.2) is 0 Å². The fourth-order valence-electron chi connectivity index (χ4n) is 7.94. The number of carbonyl (C=O) groups is 1. The van der Waals surface area contributed by atoms with Gasteiger partial charge in [0.25, 0.3) is 11.1 Å². The topological polar surface area (TPSA) is 153 Å². The monoisotopic (exact) mass is 1130 g/mol. The molecule has 0 aliphatic heterocycles. The van der Waals surface area contributed by atoms with Gasteiger partial charge in [-0.05, 0) is 108 Å². The Hall–Kier alpha value is -5.59. The molecule has 3 radical (unpaired) electrons. The molecule has 389 valence electrons. The van der Waals surface area contributed by atoms with Gasteiger partial charge in [-0.25, -0.2) is 9.59 Å².